The molecule has 0 saturated heterocycles. The van der Waals surface area contributed by atoms with Crippen LogP contribution >= 0.6 is 0 Å². The molecule has 8 nitrogen and oxygen atoms in total. The van der Waals surface area contributed by atoms with Crippen molar-refractivity contribution < 1.29 is 4.42 Å². The molecule has 0 saturated carbocycles. The lowest BCUT2D eigenvalue weighted by Gasteiger charge is -2.04. The molecule has 0 amide bonds. The summed E-state index contributed by atoms with van der Waals surface area (Å²) in [5, 5.41) is 9.72. The van der Waals surface area contributed by atoms with Gasteiger partial charge in [0.1, 0.15) is 0 Å². The second-order valence-corrected chi connectivity index (χ2v) is 6.47. The van der Waals surface area contributed by atoms with E-state index in [9.17, 15) is 0 Å². The maximum absolute atomic E-state index is 6.13. The summed E-state index contributed by atoms with van der Waals surface area (Å²) in [5.41, 5.74) is 9.70. The van der Waals surface area contributed by atoms with Gasteiger partial charge in [-0.05, 0) is 30.5 Å². The number of anilines is 1. The van der Waals surface area contributed by atoms with Crippen molar-refractivity contribution in [1.29, 1.82) is 0 Å². The number of aromatic nitrogens is 6. The minimum atomic E-state index is 0.265. The Morgan fingerprint density at radius 1 is 1.11 bits per heavy atom. The molecule has 2 N–H and O–H groups in total. The van der Waals surface area contributed by atoms with Gasteiger partial charge in [-0.3, -0.25) is 0 Å². The molecule has 0 fully saturated rings. The molecule has 27 heavy (non-hydrogen) atoms. The lowest BCUT2D eigenvalue weighted by molar-refractivity contribution is 0.575. The van der Waals surface area contributed by atoms with Crippen molar-refractivity contribution in [3.05, 3.63) is 60.0 Å². The third-order valence-electron chi connectivity index (χ3n) is 4.50. The Bertz CT molecular complexity index is 1250. The van der Waals surface area contributed by atoms with Gasteiger partial charge in [0.25, 0.3) is 0 Å². The Morgan fingerprint density at radius 3 is 2.74 bits per heavy atom. The number of nitrogen functional groups attached to an aromatic ring is 1. The van der Waals surface area contributed by atoms with Gasteiger partial charge >= 0.3 is 0 Å². The smallest absolute Gasteiger partial charge is 0.225 e. The Kier molecular flexibility index (Phi) is 3.43. The Labute approximate surface area is 154 Å². The first-order valence-electron chi connectivity index (χ1n) is 8.66. The van der Waals surface area contributed by atoms with Crippen molar-refractivity contribution in [2.75, 3.05) is 5.73 Å². The summed E-state index contributed by atoms with van der Waals surface area (Å²) in [7, 11) is 0. The molecular formula is C19H17N7O. The summed E-state index contributed by atoms with van der Waals surface area (Å²) in [4.78, 5) is 9.10. The number of rotatable bonds is 4. The van der Waals surface area contributed by atoms with E-state index in [1.165, 1.54) is 10.1 Å². The van der Waals surface area contributed by atoms with Gasteiger partial charge in [0.15, 0.2) is 17.1 Å². The summed E-state index contributed by atoms with van der Waals surface area (Å²) in [5.74, 6) is 1.34. The van der Waals surface area contributed by atoms with Crippen molar-refractivity contribution in [3.8, 4) is 11.6 Å². The number of hydrogen-bond acceptors (Lipinski definition) is 6. The molecule has 0 bridgehead atoms. The third kappa shape index (κ3) is 2.62. The number of furan rings is 1. The maximum atomic E-state index is 6.13. The van der Waals surface area contributed by atoms with E-state index in [0.29, 0.717) is 29.4 Å². The predicted octanol–water partition coefficient (Wildman–Crippen LogP) is 2.87. The van der Waals surface area contributed by atoms with Gasteiger partial charge in [0, 0.05) is 6.54 Å². The number of nitrogens with zero attached hydrogens (tertiary/aromatic N) is 6. The van der Waals surface area contributed by atoms with Crippen LogP contribution in [0.5, 0.6) is 0 Å². The van der Waals surface area contributed by atoms with Crippen molar-refractivity contribution >= 4 is 22.6 Å². The van der Waals surface area contributed by atoms with Gasteiger partial charge in [-0.25, -0.2) is 9.67 Å². The minimum absolute atomic E-state index is 0.265. The lowest BCUT2D eigenvalue weighted by Crippen LogP contribution is -2.07. The molecule has 0 spiro atoms. The largest absolute Gasteiger partial charge is 0.461 e. The monoisotopic (exact) mass is 359 g/mol. The molecule has 8 heteroatoms. The zero-order valence-electron chi connectivity index (χ0n) is 14.7. The van der Waals surface area contributed by atoms with Crippen LogP contribution in [0.15, 0.2) is 53.3 Å². The molecule has 134 valence electrons. The summed E-state index contributed by atoms with van der Waals surface area (Å²) in [6.45, 7) is 2.65. The molecule has 0 radical (unpaired) electrons. The highest BCUT2D eigenvalue weighted by Gasteiger charge is 2.17. The molecule has 0 aliphatic heterocycles. The van der Waals surface area contributed by atoms with Crippen LogP contribution in [0.25, 0.3) is 28.3 Å². The molecule has 0 unspecified atom stereocenters. The van der Waals surface area contributed by atoms with Crippen molar-refractivity contribution in [2.24, 2.45) is 0 Å². The van der Waals surface area contributed by atoms with Crippen LogP contribution < -0.4 is 5.73 Å². The summed E-state index contributed by atoms with van der Waals surface area (Å²) in [6, 6.07) is 12.2. The molecule has 1 aromatic carbocycles. The number of fused-ring (bicyclic) bond motifs is 3. The average Bonchev–Trinajstić information content (AvgIpc) is 3.39. The standard InChI is InChI=1S/C19H17N7O/c1-12-9-15(27-11-12)16-22-18-14-10-21-25(8-7-13-5-3-2-4-6-13)17(14)23-19(20)26(18)24-16/h2-6,9-11H,7-8H2,1H3,(H2,20,23). The van der Waals surface area contributed by atoms with E-state index in [0.717, 1.165) is 17.4 Å². The van der Waals surface area contributed by atoms with Crippen LogP contribution in [0.2, 0.25) is 0 Å². The van der Waals surface area contributed by atoms with E-state index in [-0.39, 0.29) is 5.95 Å². The average molecular weight is 359 g/mol. The van der Waals surface area contributed by atoms with Crippen molar-refractivity contribution in [1.82, 2.24) is 29.4 Å². The Morgan fingerprint density at radius 2 is 1.96 bits per heavy atom. The fourth-order valence-electron chi connectivity index (χ4n) is 3.15. The van der Waals surface area contributed by atoms with E-state index >= 15 is 0 Å². The highest BCUT2D eigenvalue weighted by atomic mass is 16.3. The van der Waals surface area contributed by atoms with Crippen LogP contribution in [0.4, 0.5) is 5.95 Å². The van der Waals surface area contributed by atoms with Crippen LogP contribution in [-0.2, 0) is 13.0 Å². The van der Waals surface area contributed by atoms with Crippen LogP contribution in [-0.4, -0.2) is 29.4 Å². The normalized spacial score (nSPS) is 11.6. The molecule has 0 atom stereocenters. The summed E-state index contributed by atoms with van der Waals surface area (Å²) < 4.78 is 8.88. The first kappa shape index (κ1) is 15.6. The first-order chi connectivity index (χ1) is 13.2. The molecule has 0 aliphatic carbocycles. The topological polar surface area (TPSA) is 100 Å². The first-order valence-corrected chi connectivity index (χ1v) is 8.66. The minimum Gasteiger partial charge on any atom is -0.461 e. The van der Waals surface area contributed by atoms with Gasteiger partial charge in [-0.2, -0.15) is 14.6 Å². The quantitative estimate of drug-likeness (QED) is 0.529. The van der Waals surface area contributed by atoms with Crippen molar-refractivity contribution in [2.45, 2.75) is 19.9 Å². The van der Waals surface area contributed by atoms with E-state index < -0.39 is 0 Å². The van der Waals surface area contributed by atoms with Gasteiger partial charge in [0.2, 0.25) is 11.8 Å². The summed E-state index contributed by atoms with van der Waals surface area (Å²) in [6.07, 6.45) is 4.28. The second-order valence-electron chi connectivity index (χ2n) is 6.47. The SMILES string of the molecule is Cc1coc(-c2nc3c4cnn(CCc5ccccc5)c4nc(N)n3n2)c1. The zero-order chi connectivity index (χ0) is 18.4. The predicted molar refractivity (Wildman–Crippen MR) is 101 cm³/mol. The number of aryl methyl sites for hydroxylation is 3. The van der Waals surface area contributed by atoms with E-state index in [2.05, 4.69) is 32.3 Å². The molecule has 0 aliphatic rings. The fraction of sp³-hybridized carbons (Fsp3) is 0.158. The van der Waals surface area contributed by atoms with Crippen LogP contribution in [0.3, 0.4) is 0 Å². The van der Waals surface area contributed by atoms with E-state index in [4.69, 9.17) is 10.2 Å². The van der Waals surface area contributed by atoms with Gasteiger partial charge < -0.3 is 10.2 Å². The zero-order valence-corrected chi connectivity index (χ0v) is 14.7. The number of hydrogen-bond donors (Lipinski definition) is 1. The van der Waals surface area contributed by atoms with Gasteiger partial charge in [0.05, 0.1) is 17.8 Å². The van der Waals surface area contributed by atoms with Crippen molar-refractivity contribution in [3.63, 3.8) is 0 Å². The molecular weight excluding hydrogens is 342 g/mol. The summed E-state index contributed by atoms with van der Waals surface area (Å²) >= 11 is 0. The maximum Gasteiger partial charge on any atom is 0.225 e. The molecule has 5 aromatic rings. The Balaban J connectivity index is 1.57. The highest BCUT2D eigenvalue weighted by Crippen LogP contribution is 2.24. The lowest BCUT2D eigenvalue weighted by atomic mass is 10.1. The number of benzene rings is 1. The van der Waals surface area contributed by atoms with Gasteiger partial charge in [-0.1, -0.05) is 30.3 Å². The van der Waals surface area contributed by atoms with Crippen LogP contribution in [0.1, 0.15) is 11.1 Å². The Hall–Kier alpha value is -3.68. The third-order valence-corrected chi connectivity index (χ3v) is 4.50. The second kappa shape index (κ2) is 5.94. The van der Waals surface area contributed by atoms with Gasteiger partial charge in [-0.15, -0.1) is 5.10 Å². The number of nitrogens with two attached hydrogens (primary N) is 1. The molecule has 5 rings (SSSR count). The van der Waals surface area contributed by atoms with E-state index in [1.54, 1.807) is 12.5 Å². The highest BCUT2D eigenvalue weighted by molar-refractivity contribution is 5.90. The molecule has 4 heterocycles. The molecule has 4 aromatic heterocycles. The van der Waals surface area contributed by atoms with Crippen LogP contribution in [0, 0.1) is 6.92 Å². The van der Waals surface area contributed by atoms with E-state index in [1.807, 2.05) is 35.9 Å². The fourth-order valence-corrected chi connectivity index (χ4v) is 3.15.